The van der Waals surface area contributed by atoms with Crippen molar-refractivity contribution >= 4 is 21.4 Å². The van der Waals surface area contributed by atoms with E-state index in [1.165, 1.54) is 36.4 Å². The van der Waals surface area contributed by atoms with E-state index < -0.39 is 14.9 Å². The summed E-state index contributed by atoms with van der Waals surface area (Å²) in [6.45, 7) is 7.10. The number of non-ortho nitro benzene ring substituents is 1. The van der Waals surface area contributed by atoms with Gasteiger partial charge in [0.15, 0.2) is 0 Å². The average molecular weight is 621 g/mol. The highest BCUT2D eigenvalue weighted by atomic mass is 32.2. The molecule has 3 aromatic carbocycles. The zero-order valence-corrected chi connectivity index (χ0v) is 25.3. The van der Waals surface area contributed by atoms with Gasteiger partial charge in [-0.1, -0.05) is 42.0 Å². The minimum atomic E-state index is -3.95. The van der Waals surface area contributed by atoms with E-state index in [0.717, 1.165) is 11.1 Å². The van der Waals surface area contributed by atoms with Crippen LogP contribution >= 0.6 is 0 Å². The van der Waals surface area contributed by atoms with Crippen molar-refractivity contribution in [2.24, 2.45) is 5.10 Å². The molecule has 230 valence electrons. The van der Waals surface area contributed by atoms with Crippen LogP contribution in [0.25, 0.3) is 0 Å². The third kappa shape index (κ3) is 9.36. The maximum absolute atomic E-state index is 12.9. The molecule has 0 aliphatic carbocycles. The monoisotopic (exact) mass is 620 g/mol. The summed E-state index contributed by atoms with van der Waals surface area (Å²) < 4.78 is 42.5. The van der Waals surface area contributed by atoms with Gasteiger partial charge in [-0.05, 0) is 50.6 Å². The van der Waals surface area contributed by atoms with Crippen molar-refractivity contribution in [2.45, 2.75) is 32.3 Å². The number of aromatic nitrogens is 3. The molecule has 0 unspecified atom stereocenters. The molecule has 0 saturated carbocycles. The number of hydrogen-bond acceptors (Lipinski definition) is 11. The lowest BCUT2D eigenvalue weighted by Gasteiger charge is -2.11. The minimum Gasteiger partial charge on any atom is -0.461 e. The predicted molar refractivity (Wildman–Crippen MR) is 162 cm³/mol. The molecule has 0 radical (unpaired) electrons. The highest BCUT2D eigenvalue weighted by Crippen LogP contribution is 2.18. The van der Waals surface area contributed by atoms with Crippen LogP contribution < -0.4 is 9.57 Å². The molecular weight excluding hydrogens is 588 g/mol. The Morgan fingerprint density at radius 3 is 1.98 bits per heavy atom. The van der Waals surface area contributed by atoms with Crippen molar-refractivity contribution in [1.82, 2.24) is 19.8 Å². The second-order valence-electron chi connectivity index (χ2n) is 9.59. The Bertz CT molecular complexity index is 1680. The highest BCUT2D eigenvalue weighted by molar-refractivity contribution is 7.89. The van der Waals surface area contributed by atoms with E-state index in [0.29, 0.717) is 61.5 Å². The molecule has 0 amide bonds. The standard InChI is InChI=1S/C30H32N6O7S/c1-21-4-14-28(15-5-21)44(39,40)35-34-29(26-10-12-27(13-11-26)36(37)38)25-8-6-24(7-9-25)20-42-17-16-41-18-19-43-30-32-22(2)31-23(3)33-30/h4-15,35H,16-20H2,1-3H3/b34-29+. The van der Waals surface area contributed by atoms with Crippen molar-refractivity contribution in [3.63, 3.8) is 0 Å². The molecule has 0 bridgehead atoms. The number of hydrogen-bond donors (Lipinski definition) is 1. The fraction of sp³-hybridized carbons (Fsp3) is 0.267. The first-order valence-electron chi connectivity index (χ1n) is 13.6. The molecule has 0 spiro atoms. The first-order valence-corrected chi connectivity index (χ1v) is 15.1. The van der Waals surface area contributed by atoms with Gasteiger partial charge >= 0.3 is 6.01 Å². The number of benzene rings is 3. The number of nitrogens with zero attached hydrogens (tertiary/aromatic N) is 5. The highest BCUT2D eigenvalue weighted by Gasteiger charge is 2.16. The fourth-order valence-electron chi connectivity index (χ4n) is 3.92. The van der Waals surface area contributed by atoms with Gasteiger partial charge in [0.05, 0.1) is 42.0 Å². The van der Waals surface area contributed by atoms with Crippen molar-refractivity contribution in [1.29, 1.82) is 0 Å². The van der Waals surface area contributed by atoms with Crippen LogP contribution in [0.2, 0.25) is 0 Å². The number of nitro groups is 1. The van der Waals surface area contributed by atoms with Gasteiger partial charge in [0.1, 0.15) is 18.3 Å². The second kappa shape index (κ2) is 15.1. The number of ether oxygens (including phenoxy) is 3. The molecule has 14 heteroatoms. The van der Waals surface area contributed by atoms with Crippen LogP contribution in [-0.2, 0) is 26.1 Å². The lowest BCUT2D eigenvalue weighted by molar-refractivity contribution is -0.384. The number of rotatable bonds is 15. The summed E-state index contributed by atoms with van der Waals surface area (Å²) in [4.78, 5) is 25.3. The Hall–Kier alpha value is -4.79. The van der Waals surface area contributed by atoms with Gasteiger partial charge in [-0.3, -0.25) is 10.1 Å². The lowest BCUT2D eigenvalue weighted by atomic mass is 10.0. The molecule has 0 fully saturated rings. The van der Waals surface area contributed by atoms with Gasteiger partial charge in [-0.25, -0.2) is 4.98 Å². The third-order valence-electron chi connectivity index (χ3n) is 6.13. The van der Waals surface area contributed by atoms with Gasteiger partial charge in [0.25, 0.3) is 15.7 Å². The van der Waals surface area contributed by atoms with Crippen molar-refractivity contribution < 1.29 is 27.6 Å². The Balaban J connectivity index is 1.34. The van der Waals surface area contributed by atoms with Crippen LogP contribution in [0.15, 0.2) is 82.8 Å². The second-order valence-corrected chi connectivity index (χ2v) is 11.3. The van der Waals surface area contributed by atoms with Crippen LogP contribution in [0.1, 0.15) is 33.9 Å². The summed E-state index contributed by atoms with van der Waals surface area (Å²) >= 11 is 0. The number of nitrogens with one attached hydrogen (secondary N) is 1. The molecule has 1 N–H and O–H groups in total. The minimum absolute atomic E-state index is 0.0619. The summed E-state index contributed by atoms with van der Waals surface area (Å²) in [6.07, 6.45) is 0. The molecule has 0 atom stereocenters. The predicted octanol–water partition coefficient (Wildman–Crippen LogP) is 4.05. The van der Waals surface area contributed by atoms with Gasteiger partial charge in [0, 0.05) is 23.3 Å². The molecule has 0 saturated heterocycles. The van der Waals surface area contributed by atoms with Gasteiger partial charge < -0.3 is 14.2 Å². The Morgan fingerprint density at radius 1 is 0.795 bits per heavy atom. The van der Waals surface area contributed by atoms with Gasteiger partial charge in [-0.2, -0.15) is 28.3 Å². The molecule has 0 aliphatic rings. The summed E-state index contributed by atoms with van der Waals surface area (Å²) in [5.74, 6) is 1.18. The summed E-state index contributed by atoms with van der Waals surface area (Å²) in [5.41, 5.74) is 3.09. The smallest absolute Gasteiger partial charge is 0.319 e. The average Bonchev–Trinajstić information content (AvgIpc) is 2.99. The molecule has 13 nitrogen and oxygen atoms in total. The zero-order valence-electron chi connectivity index (χ0n) is 24.5. The quantitative estimate of drug-likeness (QED) is 0.0886. The zero-order chi connectivity index (χ0) is 31.5. The largest absolute Gasteiger partial charge is 0.461 e. The van der Waals surface area contributed by atoms with E-state index in [4.69, 9.17) is 14.2 Å². The first-order chi connectivity index (χ1) is 21.1. The summed E-state index contributed by atoms with van der Waals surface area (Å²) in [6, 6.07) is 19.6. The summed E-state index contributed by atoms with van der Waals surface area (Å²) in [5, 5.41) is 15.3. The SMILES string of the molecule is Cc1ccc(S(=O)(=O)N/N=C(\c2ccc(COCCOCCOc3nc(C)nc(C)n3)cc2)c2ccc([N+](=O)[O-])cc2)cc1. The molecule has 1 aromatic heterocycles. The number of nitro benzene ring substituents is 1. The molecule has 1 heterocycles. The molecule has 0 aliphatic heterocycles. The van der Waals surface area contributed by atoms with Crippen molar-refractivity contribution in [2.75, 3.05) is 26.4 Å². The first kappa shape index (κ1) is 32.1. The number of hydrazone groups is 1. The van der Waals surface area contributed by atoms with Crippen LogP contribution in [0.4, 0.5) is 5.69 Å². The molecule has 4 aromatic rings. The normalized spacial score (nSPS) is 11.8. The Kier molecular flexibility index (Phi) is 11.0. The van der Waals surface area contributed by atoms with E-state index in [1.54, 1.807) is 38.1 Å². The topological polar surface area (TPSA) is 168 Å². The Labute approximate surface area is 255 Å². The van der Waals surface area contributed by atoms with E-state index in [9.17, 15) is 18.5 Å². The van der Waals surface area contributed by atoms with Crippen molar-refractivity contribution in [3.8, 4) is 6.01 Å². The van der Waals surface area contributed by atoms with E-state index in [1.807, 2.05) is 19.1 Å². The lowest BCUT2D eigenvalue weighted by Crippen LogP contribution is -2.21. The molecule has 44 heavy (non-hydrogen) atoms. The molecule has 4 rings (SSSR count). The van der Waals surface area contributed by atoms with Crippen LogP contribution in [0.3, 0.4) is 0 Å². The summed E-state index contributed by atoms with van der Waals surface area (Å²) in [7, 11) is -3.95. The van der Waals surface area contributed by atoms with Gasteiger partial charge in [-0.15, -0.1) is 0 Å². The van der Waals surface area contributed by atoms with Gasteiger partial charge in [0.2, 0.25) is 0 Å². The van der Waals surface area contributed by atoms with Crippen LogP contribution in [-0.4, -0.2) is 60.4 Å². The Morgan fingerprint density at radius 2 is 1.36 bits per heavy atom. The fourth-order valence-corrected chi connectivity index (χ4v) is 4.74. The van der Waals surface area contributed by atoms with E-state index in [-0.39, 0.29) is 16.6 Å². The maximum Gasteiger partial charge on any atom is 0.319 e. The number of aryl methyl sites for hydroxylation is 3. The van der Waals surface area contributed by atoms with E-state index in [2.05, 4.69) is 24.9 Å². The molecular formula is C30H32N6O7S. The van der Waals surface area contributed by atoms with Crippen molar-refractivity contribution in [3.05, 3.63) is 117 Å². The van der Waals surface area contributed by atoms with E-state index >= 15 is 0 Å². The third-order valence-corrected chi connectivity index (χ3v) is 7.35. The number of sulfonamides is 1. The van der Waals surface area contributed by atoms with Crippen LogP contribution in [0, 0.1) is 30.9 Å². The maximum atomic E-state index is 12.9. The van der Waals surface area contributed by atoms with Crippen LogP contribution in [0.5, 0.6) is 6.01 Å².